The molecule has 0 aliphatic heterocycles. The van der Waals surface area contributed by atoms with E-state index in [0.29, 0.717) is 5.56 Å². The molecule has 0 heterocycles. The highest BCUT2D eigenvalue weighted by Crippen LogP contribution is 2.43. The van der Waals surface area contributed by atoms with Gasteiger partial charge >= 0.3 is 0 Å². The lowest BCUT2D eigenvalue weighted by molar-refractivity contribution is 0.569. The van der Waals surface area contributed by atoms with Gasteiger partial charge in [0, 0.05) is 17.4 Å². The molecule has 0 amide bonds. The van der Waals surface area contributed by atoms with Gasteiger partial charge in [0.25, 0.3) is 0 Å². The van der Waals surface area contributed by atoms with E-state index in [2.05, 4.69) is 0 Å². The van der Waals surface area contributed by atoms with Gasteiger partial charge in [-0.15, -0.1) is 0 Å². The number of sulfone groups is 1. The first kappa shape index (κ1) is 10.6. The monoisotopic (exact) mass is 229 g/mol. The van der Waals surface area contributed by atoms with Crippen LogP contribution in [0.25, 0.3) is 0 Å². The summed E-state index contributed by atoms with van der Waals surface area (Å²) in [5, 5.41) is 0. The Morgan fingerprint density at radius 3 is 2.40 bits per heavy atom. The number of benzene rings is 1. The number of hydrogen-bond donors (Lipinski definition) is 1. The zero-order chi connectivity index (χ0) is 11.3. The minimum Gasteiger partial charge on any atom is -0.321 e. The molecule has 1 aliphatic carbocycles. The van der Waals surface area contributed by atoms with Gasteiger partial charge in [-0.05, 0) is 25.0 Å². The number of nitrogens with two attached hydrogens (primary N) is 1. The Balaban J connectivity index is 2.49. The number of halogens is 1. The lowest BCUT2D eigenvalue weighted by atomic mass is 10.1. The van der Waals surface area contributed by atoms with Crippen LogP contribution in [0, 0.1) is 5.82 Å². The molecule has 1 fully saturated rings. The molecule has 82 valence electrons. The minimum atomic E-state index is -3.35. The molecule has 0 atom stereocenters. The maximum atomic E-state index is 13.6. The molecule has 0 aromatic heterocycles. The smallest absolute Gasteiger partial charge is 0.175 e. The Labute approximate surface area is 88.0 Å². The Morgan fingerprint density at radius 2 is 2.00 bits per heavy atom. The summed E-state index contributed by atoms with van der Waals surface area (Å²) in [6.45, 7) is 0. The fourth-order valence-corrected chi connectivity index (χ4v) is 2.17. The molecule has 5 heteroatoms. The van der Waals surface area contributed by atoms with Crippen molar-refractivity contribution in [1.29, 1.82) is 0 Å². The molecule has 0 saturated heterocycles. The van der Waals surface area contributed by atoms with Gasteiger partial charge < -0.3 is 5.73 Å². The molecule has 1 aliphatic rings. The average molecular weight is 229 g/mol. The highest BCUT2D eigenvalue weighted by molar-refractivity contribution is 7.90. The van der Waals surface area contributed by atoms with Crippen LogP contribution >= 0.6 is 0 Å². The van der Waals surface area contributed by atoms with E-state index in [9.17, 15) is 12.8 Å². The van der Waals surface area contributed by atoms with Gasteiger partial charge in [-0.1, -0.05) is 6.07 Å². The first-order valence-electron chi connectivity index (χ1n) is 4.62. The maximum Gasteiger partial charge on any atom is 0.175 e. The molecule has 15 heavy (non-hydrogen) atoms. The molecule has 1 aromatic rings. The second-order valence-corrected chi connectivity index (χ2v) is 6.09. The third-order valence-electron chi connectivity index (χ3n) is 2.69. The van der Waals surface area contributed by atoms with Crippen LogP contribution in [0.4, 0.5) is 4.39 Å². The number of rotatable bonds is 2. The van der Waals surface area contributed by atoms with Crippen LogP contribution in [0.5, 0.6) is 0 Å². The summed E-state index contributed by atoms with van der Waals surface area (Å²) >= 11 is 0. The standard InChI is InChI=1S/C10H12FNO2S/c1-15(13,14)7-2-3-8(9(11)6-7)10(12)4-5-10/h2-3,6H,4-5,12H2,1H3. The molecule has 2 rings (SSSR count). The fraction of sp³-hybridized carbons (Fsp3) is 0.400. The lowest BCUT2D eigenvalue weighted by Gasteiger charge is -2.10. The first-order chi connectivity index (χ1) is 6.83. The summed E-state index contributed by atoms with van der Waals surface area (Å²) in [7, 11) is -3.35. The van der Waals surface area contributed by atoms with Crippen molar-refractivity contribution >= 4 is 9.84 Å². The van der Waals surface area contributed by atoms with Gasteiger partial charge in [-0.3, -0.25) is 0 Å². The van der Waals surface area contributed by atoms with Crippen molar-refractivity contribution in [3.8, 4) is 0 Å². The summed E-state index contributed by atoms with van der Waals surface area (Å²) in [5.74, 6) is -0.530. The van der Waals surface area contributed by atoms with Crippen LogP contribution < -0.4 is 5.73 Å². The van der Waals surface area contributed by atoms with Gasteiger partial charge in [0.1, 0.15) is 5.82 Å². The Hall–Kier alpha value is -0.940. The van der Waals surface area contributed by atoms with Crippen LogP contribution in [0.3, 0.4) is 0 Å². The molecule has 3 nitrogen and oxygen atoms in total. The summed E-state index contributed by atoms with van der Waals surface area (Å²) in [5.41, 5.74) is 5.68. The van der Waals surface area contributed by atoms with Gasteiger partial charge in [-0.2, -0.15) is 0 Å². The Kier molecular flexibility index (Phi) is 2.13. The van der Waals surface area contributed by atoms with E-state index >= 15 is 0 Å². The summed E-state index contributed by atoms with van der Waals surface area (Å²) < 4.78 is 35.9. The highest BCUT2D eigenvalue weighted by atomic mass is 32.2. The molecular weight excluding hydrogens is 217 g/mol. The highest BCUT2D eigenvalue weighted by Gasteiger charge is 2.42. The van der Waals surface area contributed by atoms with Crippen molar-refractivity contribution in [1.82, 2.24) is 0 Å². The van der Waals surface area contributed by atoms with Gasteiger partial charge in [0.2, 0.25) is 0 Å². The molecular formula is C10H12FNO2S. The molecule has 0 spiro atoms. The SMILES string of the molecule is CS(=O)(=O)c1ccc(C2(N)CC2)c(F)c1. The Bertz CT molecular complexity index is 506. The van der Waals surface area contributed by atoms with Crippen molar-refractivity contribution < 1.29 is 12.8 Å². The normalized spacial score (nSPS) is 18.9. The van der Waals surface area contributed by atoms with Gasteiger partial charge in [0.05, 0.1) is 4.90 Å². The van der Waals surface area contributed by atoms with E-state index in [1.54, 1.807) is 0 Å². The van der Waals surface area contributed by atoms with E-state index in [-0.39, 0.29) is 4.90 Å². The molecule has 0 radical (unpaired) electrons. The second-order valence-electron chi connectivity index (χ2n) is 4.07. The van der Waals surface area contributed by atoms with Crippen molar-refractivity contribution in [2.45, 2.75) is 23.3 Å². The molecule has 0 unspecified atom stereocenters. The minimum absolute atomic E-state index is 0.00648. The summed E-state index contributed by atoms with van der Waals surface area (Å²) in [6, 6.07) is 3.91. The van der Waals surface area contributed by atoms with E-state index in [1.165, 1.54) is 12.1 Å². The van der Waals surface area contributed by atoms with E-state index in [0.717, 1.165) is 25.2 Å². The Morgan fingerprint density at radius 1 is 1.40 bits per heavy atom. The number of hydrogen-bond acceptors (Lipinski definition) is 3. The maximum absolute atomic E-state index is 13.6. The third-order valence-corrected chi connectivity index (χ3v) is 3.80. The molecule has 1 aromatic carbocycles. The average Bonchev–Trinajstić information content (AvgIpc) is 2.82. The predicted octanol–water partition coefficient (Wildman–Crippen LogP) is 1.18. The third kappa shape index (κ3) is 1.89. The largest absolute Gasteiger partial charge is 0.321 e. The van der Waals surface area contributed by atoms with Crippen LogP contribution in [0.1, 0.15) is 18.4 Å². The molecule has 2 N–H and O–H groups in total. The summed E-state index contributed by atoms with van der Waals surface area (Å²) in [6.07, 6.45) is 2.56. The molecule has 1 saturated carbocycles. The van der Waals surface area contributed by atoms with E-state index in [4.69, 9.17) is 5.73 Å². The fourth-order valence-electron chi connectivity index (χ4n) is 1.53. The summed E-state index contributed by atoms with van der Waals surface area (Å²) in [4.78, 5) is -0.00648. The zero-order valence-electron chi connectivity index (χ0n) is 8.33. The van der Waals surface area contributed by atoms with E-state index in [1.807, 2.05) is 0 Å². The quantitative estimate of drug-likeness (QED) is 0.828. The van der Waals surface area contributed by atoms with Crippen LogP contribution in [-0.4, -0.2) is 14.7 Å². The van der Waals surface area contributed by atoms with Crippen molar-refractivity contribution in [3.05, 3.63) is 29.6 Å². The topological polar surface area (TPSA) is 60.2 Å². The van der Waals surface area contributed by atoms with Crippen molar-refractivity contribution in [3.63, 3.8) is 0 Å². The van der Waals surface area contributed by atoms with Gasteiger partial charge in [-0.25, -0.2) is 12.8 Å². The van der Waals surface area contributed by atoms with Crippen molar-refractivity contribution in [2.75, 3.05) is 6.26 Å². The zero-order valence-corrected chi connectivity index (χ0v) is 9.14. The van der Waals surface area contributed by atoms with Crippen LogP contribution in [-0.2, 0) is 15.4 Å². The second kappa shape index (κ2) is 3.02. The van der Waals surface area contributed by atoms with E-state index < -0.39 is 21.2 Å². The molecule has 0 bridgehead atoms. The predicted molar refractivity (Wildman–Crippen MR) is 54.6 cm³/mol. The van der Waals surface area contributed by atoms with Crippen molar-refractivity contribution in [2.24, 2.45) is 5.73 Å². The van der Waals surface area contributed by atoms with Crippen LogP contribution in [0.2, 0.25) is 0 Å². The van der Waals surface area contributed by atoms with Crippen LogP contribution in [0.15, 0.2) is 23.1 Å². The first-order valence-corrected chi connectivity index (χ1v) is 6.51. The lowest BCUT2D eigenvalue weighted by Crippen LogP contribution is -2.20. The van der Waals surface area contributed by atoms with Gasteiger partial charge in [0.15, 0.2) is 9.84 Å².